The van der Waals surface area contributed by atoms with Crippen molar-refractivity contribution in [3.63, 3.8) is 0 Å². The van der Waals surface area contributed by atoms with Crippen molar-refractivity contribution in [1.29, 1.82) is 0 Å². The first kappa shape index (κ1) is 29.8. The van der Waals surface area contributed by atoms with Gasteiger partial charge in [0.15, 0.2) is 0 Å². The van der Waals surface area contributed by atoms with Crippen molar-refractivity contribution in [1.82, 2.24) is 20.9 Å². The van der Waals surface area contributed by atoms with E-state index in [1.165, 1.54) is 11.0 Å². The van der Waals surface area contributed by atoms with Crippen LogP contribution in [0.5, 0.6) is 5.75 Å². The number of carbonyl (C=O) groups excluding carboxylic acids is 3. The predicted octanol–water partition coefficient (Wildman–Crippen LogP) is 3.25. The Labute approximate surface area is 240 Å². The second-order valence-corrected chi connectivity index (χ2v) is 11.2. The third kappa shape index (κ3) is 7.73. The summed E-state index contributed by atoms with van der Waals surface area (Å²) in [5, 5.41) is 9.63. The summed E-state index contributed by atoms with van der Waals surface area (Å²) in [6.07, 6.45) is 2.60. The number of amides is 3. The van der Waals surface area contributed by atoms with Gasteiger partial charge in [-0.3, -0.25) is 14.4 Å². The first-order valence-corrected chi connectivity index (χ1v) is 14.3. The molecule has 0 saturated heterocycles. The van der Waals surface area contributed by atoms with Gasteiger partial charge in [0, 0.05) is 37.1 Å². The molecule has 0 unspecified atom stereocenters. The number of halogens is 2. The maximum atomic E-state index is 14.8. The molecule has 0 radical (unpaired) electrons. The molecule has 2 aliphatic rings. The zero-order valence-electron chi connectivity index (χ0n) is 23.2. The van der Waals surface area contributed by atoms with E-state index in [0.717, 1.165) is 18.4 Å². The minimum Gasteiger partial charge on any atom is -0.489 e. The van der Waals surface area contributed by atoms with Gasteiger partial charge in [0.2, 0.25) is 17.7 Å². The SMILES string of the molecule is C[C@@H]1CN[C@@H](C2CC2)C(=O)N(C)[C@H](C)C(=O)N[C@H](Cc2ccc(Cl)cc2)C(=O)NCCCc2c(F)cccc2O1. The Morgan fingerprint density at radius 3 is 2.48 bits per heavy atom. The fraction of sp³-hybridized carbons (Fsp3) is 0.500. The number of rotatable bonds is 3. The molecule has 1 aliphatic carbocycles. The summed E-state index contributed by atoms with van der Waals surface area (Å²) >= 11 is 6.02. The van der Waals surface area contributed by atoms with Crippen molar-refractivity contribution in [2.45, 2.75) is 70.2 Å². The van der Waals surface area contributed by atoms with E-state index < -0.39 is 24.0 Å². The molecule has 0 bridgehead atoms. The second-order valence-electron chi connectivity index (χ2n) is 10.8. The first-order valence-electron chi connectivity index (χ1n) is 13.9. The van der Waals surface area contributed by atoms with Gasteiger partial charge in [0.25, 0.3) is 0 Å². The smallest absolute Gasteiger partial charge is 0.243 e. The van der Waals surface area contributed by atoms with Crippen molar-refractivity contribution in [3.8, 4) is 5.75 Å². The molecule has 1 saturated carbocycles. The number of hydrogen-bond donors (Lipinski definition) is 3. The molecule has 216 valence electrons. The van der Waals surface area contributed by atoms with Gasteiger partial charge in [-0.05, 0) is 75.3 Å². The van der Waals surface area contributed by atoms with Crippen LogP contribution in [0.3, 0.4) is 0 Å². The molecule has 10 heteroatoms. The Hall–Kier alpha value is -3.17. The highest BCUT2D eigenvalue weighted by molar-refractivity contribution is 6.30. The monoisotopic (exact) mass is 572 g/mol. The van der Waals surface area contributed by atoms with Crippen molar-refractivity contribution in [2.75, 3.05) is 20.1 Å². The van der Waals surface area contributed by atoms with Gasteiger partial charge < -0.3 is 25.6 Å². The normalized spacial score (nSPS) is 25.6. The van der Waals surface area contributed by atoms with Crippen LogP contribution in [0.1, 0.15) is 44.2 Å². The van der Waals surface area contributed by atoms with Gasteiger partial charge >= 0.3 is 0 Å². The number of likely N-dealkylation sites (N-methyl/N-ethyl adjacent to an activating group) is 1. The topological polar surface area (TPSA) is 99.8 Å². The van der Waals surface area contributed by atoms with Gasteiger partial charge in [-0.15, -0.1) is 0 Å². The van der Waals surface area contributed by atoms with Crippen LogP contribution in [0.25, 0.3) is 0 Å². The van der Waals surface area contributed by atoms with Crippen molar-refractivity contribution in [2.24, 2.45) is 5.92 Å². The lowest BCUT2D eigenvalue weighted by Gasteiger charge is -2.31. The lowest BCUT2D eigenvalue weighted by Crippen LogP contribution is -2.57. The van der Waals surface area contributed by atoms with Crippen LogP contribution in [-0.2, 0) is 27.2 Å². The van der Waals surface area contributed by atoms with Crippen molar-refractivity contribution in [3.05, 3.63) is 64.4 Å². The van der Waals surface area contributed by atoms with Crippen LogP contribution in [0.2, 0.25) is 5.02 Å². The molecule has 3 amide bonds. The Morgan fingerprint density at radius 2 is 1.77 bits per heavy atom. The minimum atomic E-state index is -0.871. The molecule has 2 aromatic rings. The fourth-order valence-corrected chi connectivity index (χ4v) is 5.00. The number of nitrogens with zero attached hydrogens (tertiary/aromatic N) is 1. The molecule has 1 aliphatic heterocycles. The highest BCUT2D eigenvalue weighted by Gasteiger charge is 2.39. The van der Waals surface area contributed by atoms with Gasteiger partial charge in [0.05, 0.1) is 6.04 Å². The number of benzene rings is 2. The molecule has 40 heavy (non-hydrogen) atoms. The first-order chi connectivity index (χ1) is 19.1. The van der Waals surface area contributed by atoms with Crippen LogP contribution >= 0.6 is 11.6 Å². The van der Waals surface area contributed by atoms with Crippen molar-refractivity contribution < 1.29 is 23.5 Å². The molecule has 0 aromatic heterocycles. The van der Waals surface area contributed by atoms with Gasteiger partial charge in [-0.25, -0.2) is 4.39 Å². The number of nitrogens with one attached hydrogen (secondary N) is 3. The zero-order valence-corrected chi connectivity index (χ0v) is 24.0. The van der Waals surface area contributed by atoms with Gasteiger partial charge in [0.1, 0.15) is 29.8 Å². The molecule has 8 nitrogen and oxygen atoms in total. The van der Waals surface area contributed by atoms with Crippen LogP contribution in [0, 0.1) is 11.7 Å². The number of hydrogen-bond acceptors (Lipinski definition) is 5. The highest BCUT2D eigenvalue weighted by atomic mass is 35.5. The molecule has 3 N–H and O–H groups in total. The maximum Gasteiger partial charge on any atom is 0.243 e. The van der Waals surface area contributed by atoms with E-state index in [-0.39, 0.29) is 42.6 Å². The molecule has 0 spiro atoms. The maximum absolute atomic E-state index is 14.8. The molecule has 1 heterocycles. The van der Waals surface area contributed by atoms with E-state index in [2.05, 4.69) is 16.0 Å². The molecule has 1 fully saturated rings. The Kier molecular flexibility index (Phi) is 10.0. The predicted molar refractivity (Wildman–Crippen MR) is 152 cm³/mol. The standard InChI is InChI=1S/C30H38ClFN4O4/c1-18-17-34-27(21-11-12-21)30(39)36(3)19(2)28(37)35-25(16-20-9-13-22(31)14-10-20)29(38)33-15-5-6-23-24(32)7-4-8-26(23)40-18/h4,7-10,13-14,18-19,21,25,27,34H,5-6,11-12,15-17H2,1-3H3,(H,33,38)(H,35,37)/t18-,19-,25-,27+/m1/s1. The fourth-order valence-electron chi connectivity index (χ4n) is 4.87. The number of fused-ring (bicyclic) bond motifs is 1. The van der Waals surface area contributed by atoms with Crippen LogP contribution in [-0.4, -0.2) is 67.0 Å². The average molecular weight is 573 g/mol. The minimum absolute atomic E-state index is 0.177. The summed E-state index contributed by atoms with van der Waals surface area (Å²) in [7, 11) is 1.61. The lowest BCUT2D eigenvalue weighted by molar-refractivity contribution is -0.141. The Bertz CT molecular complexity index is 1210. The lowest BCUT2D eigenvalue weighted by atomic mass is 10.0. The number of ether oxygens (including phenoxy) is 1. The molecule has 4 atom stereocenters. The van der Waals surface area contributed by atoms with E-state index in [1.54, 1.807) is 50.4 Å². The average Bonchev–Trinajstić information content (AvgIpc) is 3.77. The summed E-state index contributed by atoms with van der Waals surface area (Å²) in [5.41, 5.74) is 1.27. The van der Waals surface area contributed by atoms with E-state index >= 15 is 0 Å². The van der Waals surface area contributed by atoms with E-state index in [4.69, 9.17) is 16.3 Å². The summed E-state index contributed by atoms with van der Waals surface area (Å²) < 4.78 is 20.9. The summed E-state index contributed by atoms with van der Waals surface area (Å²) in [6, 6.07) is 9.68. The highest BCUT2D eigenvalue weighted by Crippen LogP contribution is 2.34. The van der Waals surface area contributed by atoms with Crippen molar-refractivity contribution >= 4 is 29.3 Å². The largest absolute Gasteiger partial charge is 0.489 e. The Morgan fingerprint density at radius 1 is 1.05 bits per heavy atom. The van der Waals surface area contributed by atoms with Crippen LogP contribution in [0.4, 0.5) is 4.39 Å². The third-order valence-corrected chi connectivity index (χ3v) is 7.84. The Balaban J connectivity index is 1.58. The zero-order chi connectivity index (χ0) is 28.8. The third-order valence-electron chi connectivity index (χ3n) is 7.59. The molecule has 4 rings (SSSR count). The van der Waals surface area contributed by atoms with Gasteiger partial charge in [-0.1, -0.05) is 29.8 Å². The summed E-state index contributed by atoms with van der Waals surface area (Å²) in [5.74, 6) is -0.711. The second kappa shape index (κ2) is 13.5. The summed E-state index contributed by atoms with van der Waals surface area (Å²) in [4.78, 5) is 41.5. The molecular weight excluding hydrogens is 535 g/mol. The van der Waals surface area contributed by atoms with Gasteiger partial charge in [-0.2, -0.15) is 0 Å². The quantitative estimate of drug-likeness (QED) is 0.524. The number of carbonyl (C=O) groups is 3. The molecular formula is C30H38ClFN4O4. The van der Waals surface area contributed by atoms with E-state index in [9.17, 15) is 18.8 Å². The van der Waals surface area contributed by atoms with E-state index in [0.29, 0.717) is 35.7 Å². The molecule has 2 aromatic carbocycles. The van der Waals surface area contributed by atoms with E-state index in [1.807, 2.05) is 6.92 Å². The summed E-state index contributed by atoms with van der Waals surface area (Å²) in [6.45, 7) is 4.20. The van der Waals surface area contributed by atoms with Crippen LogP contribution < -0.4 is 20.7 Å². The van der Waals surface area contributed by atoms with Crippen LogP contribution in [0.15, 0.2) is 42.5 Å².